The summed E-state index contributed by atoms with van der Waals surface area (Å²) in [5.74, 6) is 0. The monoisotopic (exact) mass is 178 g/mol. The molecule has 4 heteroatoms. The van der Waals surface area contributed by atoms with Crippen LogP contribution in [0.4, 0.5) is 0 Å². The predicted octanol–water partition coefficient (Wildman–Crippen LogP) is 1.25. The van der Waals surface area contributed by atoms with Gasteiger partial charge in [-0.05, 0) is 6.42 Å². The molecule has 0 amide bonds. The minimum Gasteiger partial charge on any atom is -0.346 e. The van der Waals surface area contributed by atoms with Crippen LogP contribution >= 0.6 is 8.03 Å². The van der Waals surface area contributed by atoms with E-state index in [-0.39, 0.29) is 22.7 Å². The second kappa shape index (κ2) is 5.84. The topological polar surface area (TPSA) is 37.3 Å². The fraction of sp³-hybridized carbons (Fsp3) is 1.00. The Bertz CT molecular complexity index is 76.4. The van der Waals surface area contributed by atoms with Gasteiger partial charge in [0.15, 0.2) is 8.03 Å². The third-order valence-electron chi connectivity index (χ3n) is 1.03. The van der Waals surface area contributed by atoms with Crippen molar-refractivity contribution in [2.24, 2.45) is 0 Å². The molecule has 2 nitrogen and oxygen atoms in total. The van der Waals surface area contributed by atoms with E-state index in [2.05, 4.69) is 0 Å². The van der Waals surface area contributed by atoms with Crippen molar-refractivity contribution in [3.63, 3.8) is 0 Å². The summed E-state index contributed by atoms with van der Waals surface area (Å²) in [4.78, 5) is 8.37. The molecular weight excluding hydrogens is 167 g/mol. The van der Waals surface area contributed by atoms with E-state index < -0.39 is 8.03 Å². The smallest absolute Gasteiger partial charge is 0.191 e. The van der Waals surface area contributed by atoms with E-state index in [0.29, 0.717) is 0 Å². The molecule has 2 atom stereocenters. The van der Waals surface area contributed by atoms with Gasteiger partial charge >= 0.3 is 0 Å². The van der Waals surface area contributed by atoms with Crippen molar-refractivity contribution < 1.29 is 26.5 Å². The second-order valence-electron chi connectivity index (χ2n) is 1.65. The molecule has 0 saturated carbocycles. The van der Waals surface area contributed by atoms with Gasteiger partial charge < -0.3 is 4.89 Å². The Labute approximate surface area is 61.0 Å². The van der Waals surface area contributed by atoms with E-state index >= 15 is 0 Å². The molecule has 0 rings (SSSR count). The van der Waals surface area contributed by atoms with E-state index in [4.69, 9.17) is 4.89 Å². The zero-order chi connectivity index (χ0) is 5.86. The second-order valence-corrected chi connectivity index (χ2v) is 3.31. The first kappa shape index (κ1) is 11.5. The maximum Gasteiger partial charge on any atom is 0.191 e. The van der Waals surface area contributed by atoms with Gasteiger partial charge in [0.25, 0.3) is 0 Å². The van der Waals surface area contributed by atoms with E-state index in [9.17, 15) is 4.57 Å². The molecule has 0 aliphatic rings. The fourth-order valence-corrected chi connectivity index (χ4v) is 0.524. The summed E-state index contributed by atoms with van der Waals surface area (Å²) in [6, 6.07) is 0. The van der Waals surface area contributed by atoms with Gasteiger partial charge in [0.05, 0.1) is 0 Å². The van der Waals surface area contributed by atoms with Crippen molar-refractivity contribution in [2.45, 2.75) is 25.9 Å². The van der Waals surface area contributed by atoms with Crippen molar-refractivity contribution >= 4 is 8.03 Å². The van der Waals surface area contributed by atoms with Crippen LogP contribution in [-0.2, 0) is 21.6 Å². The number of rotatable bonds is 2. The molecule has 0 bridgehead atoms. The van der Waals surface area contributed by atoms with Crippen LogP contribution in [0.5, 0.6) is 0 Å². The number of hydrogen-bond acceptors (Lipinski definition) is 1. The van der Waals surface area contributed by atoms with Crippen LogP contribution in [0.15, 0.2) is 0 Å². The Balaban J connectivity index is 0. The molecular formula is C4H11FeO2P. The van der Waals surface area contributed by atoms with Crippen molar-refractivity contribution in [3.05, 3.63) is 0 Å². The molecule has 0 radical (unpaired) electrons. The summed E-state index contributed by atoms with van der Waals surface area (Å²) < 4.78 is 10.1. The van der Waals surface area contributed by atoms with Crippen LogP contribution in [0, 0.1) is 0 Å². The first-order chi connectivity index (χ1) is 3.18. The van der Waals surface area contributed by atoms with Crippen LogP contribution in [0.1, 0.15) is 20.3 Å². The molecule has 1 N–H and O–H groups in total. The normalized spacial score (nSPS) is 16.4. The average Bonchev–Trinajstić information content (AvgIpc) is 1.65. The molecule has 0 saturated heterocycles. The summed E-state index contributed by atoms with van der Waals surface area (Å²) >= 11 is 0. The van der Waals surface area contributed by atoms with Crippen molar-refractivity contribution in [1.82, 2.24) is 0 Å². The quantitative estimate of drug-likeness (QED) is 0.510. The first-order valence-corrected chi connectivity index (χ1v) is 3.84. The SMILES string of the molecule is CCC(C)[PH](=O)O.[Fe]. The third-order valence-corrected chi connectivity index (χ3v) is 2.29. The first-order valence-electron chi connectivity index (χ1n) is 2.41. The van der Waals surface area contributed by atoms with Gasteiger partial charge in [-0.25, -0.2) is 0 Å². The van der Waals surface area contributed by atoms with Crippen molar-refractivity contribution in [3.8, 4) is 0 Å². The maximum absolute atomic E-state index is 10.1. The van der Waals surface area contributed by atoms with Crippen LogP contribution < -0.4 is 0 Å². The largest absolute Gasteiger partial charge is 0.346 e. The molecule has 0 aromatic carbocycles. The minimum absolute atomic E-state index is 0. The summed E-state index contributed by atoms with van der Waals surface area (Å²) in [6.07, 6.45) is 0.800. The standard InChI is InChI=1S/C4H11O2P.Fe/c1-3-4(2)7(5)6;/h4,7H,3H2,1-2H3,(H,5,6);. The van der Waals surface area contributed by atoms with Gasteiger partial charge in [-0.2, -0.15) is 0 Å². The zero-order valence-electron chi connectivity index (χ0n) is 4.99. The molecule has 8 heavy (non-hydrogen) atoms. The molecule has 52 valence electrons. The molecule has 0 aliphatic heterocycles. The van der Waals surface area contributed by atoms with Gasteiger partial charge in [0, 0.05) is 22.7 Å². The predicted molar refractivity (Wildman–Crippen MR) is 31.0 cm³/mol. The summed E-state index contributed by atoms with van der Waals surface area (Å²) in [7, 11) is -2.21. The Kier molecular flexibility index (Phi) is 8.39. The Morgan fingerprint density at radius 1 is 1.75 bits per heavy atom. The summed E-state index contributed by atoms with van der Waals surface area (Å²) in [5, 5.41) is 0. The van der Waals surface area contributed by atoms with E-state index in [1.165, 1.54) is 0 Å². The van der Waals surface area contributed by atoms with Gasteiger partial charge in [-0.15, -0.1) is 0 Å². The van der Waals surface area contributed by atoms with E-state index in [0.717, 1.165) is 6.42 Å². The summed E-state index contributed by atoms with van der Waals surface area (Å²) in [5.41, 5.74) is 0.00463. The number of hydrogen-bond donors (Lipinski definition) is 1. The van der Waals surface area contributed by atoms with Gasteiger partial charge in [-0.3, -0.25) is 4.57 Å². The summed E-state index contributed by atoms with van der Waals surface area (Å²) in [6.45, 7) is 3.69. The molecule has 0 fully saturated rings. The molecule has 0 aromatic rings. The minimum atomic E-state index is -2.21. The van der Waals surface area contributed by atoms with Gasteiger partial charge in [0.1, 0.15) is 0 Å². The van der Waals surface area contributed by atoms with Gasteiger partial charge in [0.2, 0.25) is 0 Å². The molecule has 0 aliphatic carbocycles. The van der Waals surface area contributed by atoms with Crippen LogP contribution in [0.2, 0.25) is 0 Å². The van der Waals surface area contributed by atoms with Crippen LogP contribution in [0.3, 0.4) is 0 Å². The Hall–Kier alpha value is 0.709. The van der Waals surface area contributed by atoms with E-state index in [1.54, 1.807) is 6.92 Å². The van der Waals surface area contributed by atoms with Crippen LogP contribution in [-0.4, -0.2) is 10.6 Å². The van der Waals surface area contributed by atoms with Crippen molar-refractivity contribution in [1.29, 1.82) is 0 Å². The molecule has 0 heterocycles. The molecule has 0 aromatic heterocycles. The third kappa shape index (κ3) is 4.86. The Morgan fingerprint density at radius 2 is 2.12 bits per heavy atom. The van der Waals surface area contributed by atoms with Crippen molar-refractivity contribution in [2.75, 3.05) is 0 Å². The zero-order valence-corrected chi connectivity index (χ0v) is 7.10. The molecule has 0 spiro atoms. The Morgan fingerprint density at radius 3 is 2.12 bits per heavy atom. The van der Waals surface area contributed by atoms with Gasteiger partial charge in [-0.1, -0.05) is 13.8 Å². The van der Waals surface area contributed by atoms with Crippen LogP contribution in [0.25, 0.3) is 0 Å². The fourth-order valence-electron chi connectivity index (χ4n) is 0.175. The average molecular weight is 178 g/mol. The maximum atomic E-state index is 10.1. The molecule has 2 unspecified atom stereocenters. The van der Waals surface area contributed by atoms with E-state index in [1.807, 2.05) is 6.92 Å².